The van der Waals surface area contributed by atoms with Gasteiger partial charge in [-0.3, -0.25) is 4.90 Å². The molecule has 108 valence electrons. The monoisotopic (exact) mass is 257 g/mol. The lowest BCUT2D eigenvalue weighted by atomic mass is 9.87. The molecule has 0 aromatic rings. The SMILES string of the molecule is CCC(C)N(CCOC)CC1CCC(C)(C)C1O. The zero-order valence-corrected chi connectivity index (χ0v) is 12.8. The summed E-state index contributed by atoms with van der Waals surface area (Å²) >= 11 is 0. The predicted octanol–water partition coefficient (Wildman–Crippen LogP) is 2.53. The Balaban J connectivity index is 2.55. The van der Waals surface area contributed by atoms with Crippen LogP contribution in [-0.4, -0.2) is 49.0 Å². The van der Waals surface area contributed by atoms with E-state index in [2.05, 4.69) is 32.6 Å². The quantitative estimate of drug-likeness (QED) is 0.761. The Morgan fingerprint density at radius 2 is 2.11 bits per heavy atom. The molecule has 1 aliphatic rings. The van der Waals surface area contributed by atoms with Crippen LogP contribution >= 0.6 is 0 Å². The highest BCUT2D eigenvalue weighted by atomic mass is 16.5. The maximum atomic E-state index is 10.4. The van der Waals surface area contributed by atoms with Gasteiger partial charge in [-0.15, -0.1) is 0 Å². The Labute approximate surface area is 113 Å². The van der Waals surface area contributed by atoms with Crippen molar-refractivity contribution in [3.63, 3.8) is 0 Å². The van der Waals surface area contributed by atoms with Crippen LogP contribution in [0.15, 0.2) is 0 Å². The summed E-state index contributed by atoms with van der Waals surface area (Å²) in [5.41, 5.74) is 0.0903. The van der Waals surface area contributed by atoms with Gasteiger partial charge in [0.05, 0.1) is 12.7 Å². The average Bonchev–Trinajstić information content (AvgIpc) is 2.60. The minimum atomic E-state index is -0.161. The van der Waals surface area contributed by atoms with Crippen LogP contribution in [0.5, 0.6) is 0 Å². The van der Waals surface area contributed by atoms with Crippen LogP contribution in [0.2, 0.25) is 0 Å². The number of aliphatic hydroxyl groups excluding tert-OH is 1. The molecule has 0 aromatic heterocycles. The number of hydrogen-bond acceptors (Lipinski definition) is 3. The van der Waals surface area contributed by atoms with Crippen molar-refractivity contribution in [1.82, 2.24) is 4.90 Å². The van der Waals surface area contributed by atoms with Gasteiger partial charge in [-0.1, -0.05) is 20.8 Å². The molecule has 1 aliphatic carbocycles. The van der Waals surface area contributed by atoms with E-state index in [1.165, 1.54) is 0 Å². The molecule has 1 fully saturated rings. The molecule has 0 amide bonds. The second kappa shape index (κ2) is 6.88. The van der Waals surface area contributed by atoms with E-state index in [-0.39, 0.29) is 11.5 Å². The van der Waals surface area contributed by atoms with Gasteiger partial charge in [0.15, 0.2) is 0 Å². The van der Waals surface area contributed by atoms with Crippen molar-refractivity contribution in [1.29, 1.82) is 0 Å². The molecule has 0 aromatic carbocycles. The smallest absolute Gasteiger partial charge is 0.0631 e. The number of nitrogens with zero attached hydrogens (tertiary/aromatic N) is 1. The first-order chi connectivity index (χ1) is 8.42. The average molecular weight is 257 g/mol. The van der Waals surface area contributed by atoms with Crippen LogP contribution in [0.4, 0.5) is 0 Å². The highest BCUT2D eigenvalue weighted by Gasteiger charge is 2.41. The van der Waals surface area contributed by atoms with Crippen molar-refractivity contribution in [2.24, 2.45) is 11.3 Å². The predicted molar refractivity (Wildman–Crippen MR) is 75.7 cm³/mol. The van der Waals surface area contributed by atoms with E-state index in [0.717, 1.165) is 39.0 Å². The molecule has 0 spiro atoms. The van der Waals surface area contributed by atoms with Crippen molar-refractivity contribution in [3.8, 4) is 0 Å². The summed E-state index contributed by atoms with van der Waals surface area (Å²) in [5.74, 6) is 0.422. The van der Waals surface area contributed by atoms with Gasteiger partial charge in [-0.25, -0.2) is 0 Å². The molecule has 1 saturated carbocycles. The fourth-order valence-corrected chi connectivity index (χ4v) is 2.95. The van der Waals surface area contributed by atoms with Gasteiger partial charge >= 0.3 is 0 Å². The number of aliphatic hydroxyl groups is 1. The molecule has 0 radical (unpaired) electrons. The van der Waals surface area contributed by atoms with Crippen molar-refractivity contribution < 1.29 is 9.84 Å². The first-order valence-electron chi connectivity index (χ1n) is 7.33. The van der Waals surface area contributed by atoms with Gasteiger partial charge in [0.1, 0.15) is 0 Å². The Morgan fingerprint density at radius 3 is 2.56 bits per heavy atom. The Hall–Kier alpha value is -0.120. The summed E-state index contributed by atoms with van der Waals surface area (Å²) in [6, 6.07) is 0.566. The zero-order valence-electron chi connectivity index (χ0n) is 12.8. The van der Waals surface area contributed by atoms with Crippen LogP contribution in [0, 0.1) is 11.3 Å². The maximum Gasteiger partial charge on any atom is 0.0631 e. The van der Waals surface area contributed by atoms with Crippen LogP contribution in [-0.2, 0) is 4.74 Å². The van der Waals surface area contributed by atoms with Crippen LogP contribution < -0.4 is 0 Å². The highest BCUT2D eigenvalue weighted by molar-refractivity contribution is 4.92. The molecule has 1 rings (SSSR count). The normalized spacial score (nSPS) is 28.8. The lowest BCUT2D eigenvalue weighted by molar-refractivity contribution is 0.0221. The molecule has 1 N–H and O–H groups in total. The molecular weight excluding hydrogens is 226 g/mol. The van der Waals surface area contributed by atoms with Crippen molar-refractivity contribution >= 4 is 0 Å². The first-order valence-corrected chi connectivity index (χ1v) is 7.33. The van der Waals surface area contributed by atoms with Crippen LogP contribution in [0.3, 0.4) is 0 Å². The number of methoxy groups -OCH3 is 1. The second-order valence-corrected chi connectivity index (χ2v) is 6.48. The molecule has 0 bridgehead atoms. The lowest BCUT2D eigenvalue weighted by Crippen LogP contribution is -2.42. The van der Waals surface area contributed by atoms with Gasteiger partial charge in [0.2, 0.25) is 0 Å². The summed E-state index contributed by atoms with van der Waals surface area (Å²) in [6.07, 6.45) is 3.27. The van der Waals surface area contributed by atoms with Crippen molar-refractivity contribution in [3.05, 3.63) is 0 Å². The van der Waals surface area contributed by atoms with Crippen molar-refractivity contribution in [2.75, 3.05) is 26.8 Å². The van der Waals surface area contributed by atoms with E-state index in [1.54, 1.807) is 7.11 Å². The van der Waals surface area contributed by atoms with Gasteiger partial charge in [-0.05, 0) is 37.5 Å². The lowest BCUT2D eigenvalue weighted by Gasteiger charge is -2.33. The third-order valence-corrected chi connectivity index (χ3v) is 4.67. The Kier molecular flexibility index (Phi) is 6.09. The summed E-state index contributed by atoms with van der Waals surface area (Å²) in [6.45, 7) is 11.6. The summed E-state index contributed by atoms with van der Waals surface area (Å²) < 4.78 is 5.20. The maximum absolute atomic E-state index is 10.4. The summed E-state index contributed by atoms with van der Waals surface area (Å²) in [4.78, 5) is 2.47. The van der Waals surface area contributed by atoms with Gasteiger partial charge < -0.3 is 9.84 Å². The largest absolute Gasteiger partial charge is 0.392 e. The number of ether oxygens (including phenoxy) is 1. The fraction of sp³-hybridized carbons (Fsp3) is 1.00. The van der Waals surface area contributed by atoms with E-state index in [1.807, 2.05) is 0 Å². The minimum absolute atomic E-state index is 0.0903. The number of rotatable bonds is 7. The molecular formula is C15H31NO2. The Morgan fingerprint density at radius 1 is 1.44 bits per heavy atom. The molecule has 0 aliphatic heterocycles. The van der Waals surface area contributed by atoms with Crippen molar-refractivity contribution in [2.45, 2.75) is 59.1 Å². The third-order valence-electron chi connectivity index (χ3n) is 4.67. The molecule has 0 saturated heterocycles. The van der Waals surface area contributed by atoms with Crippen LogP contribution in [0.25, 0.3) is 0 Å². The minimum Gasteiger partial charge on any atom is -0.392 e. The Bertz CT molecular complexity index is 243. The van der Waals surface area contributed by atoms with Gasteiger partial charge in [0, 0.05) is 26.2 Å². The van der Waals surface area contributed by atoms with E-state index >= 15 is 0 Å². The third kappa shape index (κ3) is 3.94. The molecule has 3 atom stereocenters. The standard InChI is InChI=1S/C15H31NO2/c1-6-12(2)16(9-10-18-5)11-13-7-8-15(3,4)14(13)17/h12-14,17H,6-11H2,1-5H3. The van der Waals surface area contributed by atoms with Gasteiger partial charge in [0.25, 0.3) is 0 Å². The second-order valence-electron chi connectivity index (χ2n) is 6.48. The molecule has 18 heavy (non-hydrogen) atoms. The van der Waals surface area contributed by atoms with E-state index < -0.39 is 0 Å². The van der Waals surface area contributed by atoms with E-state index in [0.29, 0.717) is 12.0 Å². The molecule has 3 nitrogen and oxygen atoms in total. The number of hydrogen-bond donors (Lipinski definition) is 1. The first kappa shape index (κ1) is 15.9. The van der Waals surface area contributed by atoms with Gasteiger partial charge in [-0.2, -0.15) is 0 Å². The topological polar surface area (TPSA) is 32.7 Å². The zero-order chi connectivity index (χ0) is 13.8. The molecule has 3 unspecified atom stereocenters. The van der Waals surface area contributed by atoms with Crippen LogP contribution in [0.1, 0.15) is 47.0 Å². The summed E-state index contributed by atoms with van der Waals surface area (Å²) in [7, 11) is 1.75. The fourth-order valence-electron chi connectivity index (χ4n) is 2.95. The molecule has 3 heteroatoms. The summed E-state index contributed by atoms with van der Waals surface area (Å²) in [5, 5.41) is 10.4. The molecule has 0 heterocycles. The highest BCUT2D eigenvalue weighted by Crippen LogP contribution is 2.41. The van der Waals surface area contributed by atoms with E-state index in [9.17, 15) is 5.11 Å². The van der Waals surface area contributed by atoms with E-state index in [4.69, 9.17) is 4.74 Å².